The molecule has 3 rings (SSSR count). The number of ether oxygens (including phenoxy) is 1. The van der Waals surface area contributed by atoms with Crippen molar-refractivity contribution in [2.45, 2.75) is 45.8 Å². The smallest absolute Gasteiger partial charge is 0.408 e. The minimum absolute atomic E-state index is 0.123. The van der Waals surface area contributed by atoms with Crippen molar-refractivity contribution in [3.8, 4) is 0 Å². The zero-order valence-corrected chi connectivity index (χ0v) is 16.4. The molecule has 2 aromatic carbocycles. The molecule has 0 aliphatic carbocycles. The van der Waals surface area contributed by atoms with Gasteiger partial charge in [0.25, 0.3) is 0 Å². The Morgan fingerprint density at radius 2 is 1.79 bits per heavy atom. The number of hydrogen-bond donors (Lipinski definition) is 2. The minimum Gasteiger partial charge on any atom is -0.480 e. The monoisotopic (exact) mass is 380 g/mol. The first-order chi connectivity index (χ1) is 13.1. The third kappa shape index (κ3) is 4.39. The highest BCUT2D eigenvalue weighted by molar-refractivity contribution is 5.98. The summed E-state index contributed by atoms with van der Waals surface area (Å²) in [6.45, 7) is 7.17. The van der Waals surface area contributed by atoms with Crippen molar-refractivity contribution in [3.63, 3.8) is 0 Å². The van der Waals surface area contributed by atoms with E-state index in [1.54, 1.807) is 20.8 Å². The molecule has 0 radical (unpaired) electrons. The van der Waals surface area contributed by atoms with Gasteiger partial charge in [-0.2, -0.15) is 0 Å². The molecule has 28 heavy (non-hydrogen) atoms. The van der Waals surface area contributed by atoms with Crippen molar-refractivity contribution in [1.82, 2.24) is 10.3 Å². The molecular formula is C22H24N2O4. The van der Waals surface area contributed by atoms with Gasteiger partial charge in [0.15, 0.2) is 0 Å². The van der Waals surface area contributed by atoms with Gasteiger partial charge >= 0.3 is 12.1 Å². The van der Waals surface area contributed by atoms with E-state index in [-0.39, 0.29) is 6.42 Å². The van der Waals surface area contributed by atoms with Crippen LogP contribution < -0.4 is 5.32 Å². The lowest BCUT2D eigenvalue weighted by molar-refractivity contribution is -0.139. The fraction of sp³-hybridized carbons (Fsp3) is 0.318. The van der Waals surface area contributed by atoms with Gasteiger partial charge in [-0.25, -0.2) is 14.6 Å². The number of carboxylic acid groups (broad SMARTS) is 1. The standard InChI is InChI=1S/C22H24N2O4/c1-13-9-10-18-16(11-13)15(14-7-5-6-8-17(14)23-18)12-19(20(25)26)24-21(27)28-22(2,3)4/h5-11,19H,12H2,1-4H3,(H,24,27)(H,25,26). The summed E-state index contributed by atoms with van der Waals surface area (Å²) >= 11 is 0. The molecule has 2 N–H and O–H groups in total. The lowest BCUT2D eigenvalue weighted by atomic mass is 9.96. The van der Waals surface area contributed by atoms with Crippen molar-refractivity contribution >= 4 is 33.9 Å². The first kappa shape index (κ1) is 19.6. The Labute approximate surface area is 163 Å². The Kier molecular flexibility index (Phi) is 5.23. The van der Waals surface area contributed by atoms with Crippen molar-refractivity contribution in [2.75, 3.05) is 0 Å². The van der Waals surface area contributed by atoms with E-state index in [2.05, 4.69) is 10.3 Å². The molecule has 0 aliphatic rings. The number of benzene rings is 2. The number of rotatable bonds is 4. The molecule has 0 saturated carbocycles. The molecular weight excluding hydrogens is 356 g/mol. The Morgan fingerprint density at radius 1 is 1.11 bits per heavy atom. The molecule has 0 saturated heterocycles. The van der Waals surface area contributed by atoms with Gasteiger partial charge in [0, 0.05) is 17.2 Å². The number of carbonyl (C=O) groups is 2. The molecule has 1 aromatic heterocycles. The number of aliphatic carboxylic acids is 1. The molecule has 0 spiro atoms. The number of carbonyl (C=O) groups excluding carboxylic acids is 1. The number of carboxylic acids is 1. The number of fused-ring (bicyclic) bond motifs is 2. The van der Waals surface area contributed by atoms with Gasteiger partial charge in [-0.1, -0.05) is 29.8 Å². The van der Waals surface area contributed by atoms with Crippen molar-refractivity contribution in [3.05, 3.63) is 53.6 Å². The Hall–Kier alpha value is -3.15. The number of alkyl carbamates (subject to hydrolysis) is 1. The number of hydrogen-bond acceptors (Lipinski definition) is 4. The highest BCUT2D eigenvalue weighted by atomic mass is 16.6. The summed E-state index contributed by atoms with van der Waals surface area (Å²) in [4.78, 5) is 28.7. The highest BCUT2D eigenvalue weighted by Crippen LogP contribution is 2.28. The summed E-state index contributed by atoms with van der Waals surface area (Å²) in [7, 11) is 0. The molecule has 0 bridgehead atoms. The maximum atomic E-state index is 12.1. The van der Waals surface area contributed by atoms with Gasteiger partial charge in [-0.3, -0.25) is 0 Å². The number of pyridine rings is 1. The maximum absolute atomic E-state index is 12.1. The van der Waals surface area contributed by atoms with Crippen LogP contribution in [-0.4, -0.2) is 33.8 Å². The van der Waals surface area contributed by atoms with E-state index in [1.807, 2.05) is 49.4 Å². The topological polar surface area (TPSA) is 88.5 Å². The highest BCUT2D eigenvalue weighted by Gasteiger charge is 2.26. The van der Waals surface area contributed by atoms with E-state index in [9.17, 15) is 14.7 Å². The fourth-order valence-corrected chi connectivity index (χ4v) is 3.16. The van der Waals surface area contributed by atoms with Crippen LogP contribution in [0.5, 0.6) is 0 Å². The van der Waals surface area contributed by atoms with Gasteiger partial charge in [0.1, 0.15) is 11.6 Å². The molecule has 3 aromatic rings. The second-order valence-corrected chi connectivity index (χ2v) is 7.87. The molecule has 6 heteroatoms. The SMILES string of the molecule is Cc1ccc2nc3ccccc3c(CC(NC(=O)OC(C)(C)C)C(=O)O)c2c1. The fourth-order valence-electron chi connectivity index (χ4n) is 3.16. The zero-order chi connectivity index (χ0) is 20.5. The van der Waals surface area contributed by atoms with Crippen molar-refractivity contribution < 1.29 is 19.4 Å². The number of aromatic nitrogens is 1. The van der Waals surface area contributed by atoms with E-state index >= 15 is 0 Å². The number of nitrogens with zero attached hydrogens (tertiary/aromatic N) is 1. The van der Waals surface area contributed by atoms with Crippen LogP contribution in [0.1, 0.15) is 31.9 Å². The van der Waals surface area contributed by atoms with E-state index in [1.165, 1.54) is 0 Å². The summed E-state index contributed by atoms with van der Waals surface area (Å²) in [5.74, 6) is -1.12. The molecule has 1 amide bonds. The van der Waals surface area contributed by atoms with Crippen LogP contribution in [0.4, 0.5) is 4.79 Å². The number of amides is 1. The summed E-state index contributed by atoms with van der Waals surface area (Å²) < 4.78 is 5.22. The Balaban J connectivity index is 2.05. The van der Waals surface area contributed by atoms with Crippen molar-refractivity contribution in [1.29, 1.82) is 0 Å². The molecule has 1 heterocycles. The average Bonchev–Trinajstić information content (AvgIpc) is 2.59. The number of nitrogens with one attached hydrogen (secondary N) is 1. The second-order valence-electron chi connectivity index (χ2n) is 7.87. The van der Waals surface area contributed by atoms with Crippen LogP contribution in [0, 0.1) is 6.92 Å². The summed E-state index contributed by atoms with van der Waals surface area (Å²) in [6.07, 6.45) is -0.629. The average molecular weight is 380 g/mol. The maximum Gasteiger partial charge on any atom is 0.408 e. The molecule has 6 nitrogen and oxygen atoms in total. The number of aryl methyl sites for hydroxylation is 1. The van der Waals surface area contributed by atoms with Crippen molar-refractivity contribution in [2.24, 2.45) is 0 Å². The third-order valence-electron chi connectivity index (χ3n) is 4.34. The van der Waals surface area contributed by atoms with Gasteiger partial charge < -0.3 is 15.2 Å². The zero-order valence-electron chi connectivity index (χ0n) is 16.4. The van der Waals surface area contributed by atoms with E-state index < -0.39 is 23.7 Å². The third-order valence-corrected chi connectivity index (χ3v) is 4.34. The van der Waals surface area contributed by atoms with E-state index in [0.29, 0.717) is 0 Å². The predicted molar refractivity (Wildman–Crippen MR) is 108 cm³/mol. The second kappa shape index (κ2) is 7.46. The summed E-state index contributed by atoms with van der Waals surface area (Å²) in [5, 5.41) is 13.9. The van der Waals surface area contributed by atoms with Crippen LogP contribution in [0.2, 0.25) is 0 Å². The van der Waals surface area contributed by atoms with E-state index in [4.69, 9.17) is 4.74 Å². The molecule has 1 unspecified atom stereocenters. The predicted octanol–water partition coefficient (Wildman–Crippen LogP) is 4.22. The Morgan fingerprint density at radius 3 is 2.46 bits per heavy atom. The first-order valence-corrected chi connectivity index (χ1v) is 9.14. The summed E-state index contributed by atoms with van der Waals surface area (Å²) in [6, 6.07) is 12.4. The molecule has 0 aliphatic heterocycles. The van der Waals surface area contributed by atoms with Gasteiger partial charge in [-0.05, 0) is 51.5 Å². The van der Waals surface area contributed by atoms with Crippen LogP contribution in [0.25, 0.3) is 21.8 Å². The van der Waals surface area contributed by atoms with E-state index in [0.717, 1.165) is 32.9 Å². The van der Waals surface area contributed by atoms with Gasteiger partial charge in [0.2, 0.25) is 0 Å². The van der Waals surface area contributed by atoms with Gasteiger partial charge in [0.05, 0.1) is 11.0 Å². The van der Waals surface area contributed by atoms with Gasteiger partial charge in [-0.15, -0.1) is 0 Å². The number of para-hydroxylation sites is 1. The van der Waals surface area contributed by atoms with Crippen LogP contribution in [0.15, 0.2) is 42.5 Å². The largest absolute Gasteiger partial charge is 0.480 e. The molecule has 0 fully saturated rings. The van der Waals surface area contributed by atoms with Crippen LogP contribution in [-0.2, 0) is 16.0 Å². The lowest BCUT2D eigenvalue weighted by Crippen LogP contribution is -2.44. The first-order valence-electron chi connectivity index (χ1n) is 9.14. The molecule has 1 atom stereocenters. The Bertz CT molecular complexity index is 1050. The summed E-state index contributed by atoms with van der Waals surface area (Å²) in [5.41, 5.74) is 2.77. The molecule has 146 valence electrons. The van der Waals surface area contributed by atoms with Crippen LogP contribution in [0.3, 0.4) is 0 Å². The normalized spacial score (nSPS) is 12.7. The van der Waals surface area contributed by atoms with Crippen LogP contribution >= 0.6 is 0 Å². The quantitative estimate of drug-likeness (QED) is 0.662. The minimum atomic E-state index is -1.12. The lowest BCUT2D eigenvalue weighted by Gasteiger charge is -2.22.